The maximum atomic E-state index is 13.9. The van der Waals surface area contributed by atoms with Gasteiger partial charge in [0.25, 0.3) is 0 Å². The van der Waals surface area contributed by atoms with Gasteiger partial charge >= 0.3 is 0 Å². The number of anilines is 2. The van der Waals surface area contributed by atoms with Gasteiger partial charge in [-0.1, -0.05) is 91.0 Å². The zero-order chi connectivity index (χ0) is 34.9. The van der Waals surface area contributed by atoms with E-state index >= 15 is 0 Å². The Labute approximate surface area is 290 Å². The zero-order valence-electron chi connectivity index (χ0n) is 27.8. The van der Waals surface area contributed by atoms with Gasteiger partial charge in [-0.05, 0) is 55.1 Å². The van der Waals surface area contributed by atoms with Crippen molar-refractivity contribution < 1.29 is 18.3 Å². The first kappa shape index (κ1) is 33.8. The van der Waals surface area contributed by atoms with Gasteiger partial charge in [0, 0.05) is 29.4 Å². The highest BCUT2D eigenvalue weighted by Crippen LogP contribution is 2.45. The second-order valence-electron chi connectivity index (χ2n) is 12.0. The third kappa shape index (κ3) is 8.13. The minimum atomic E-state index is -0.398. The fourth-order valence-corrected chi connectivity index (χ4v) is 5.68. The third-order valence-electron chi connectivity index (χ3n) is 8.00. The number of fused-ring (bicyclic) bond motifs is 1. The molecule has 6 aromatic rings. The van der Waals surface area contributed by atoms with Crippen LogP contribution in [0.15, 0.2) is 132 Å². The van der Waals surface area contributed by atoms with E-state index in [9.17, 15) is 14.4 Å². The summed E-state index contributed by atoms with van der Waals surface area (Å²) in [5.74, 6) is -0.00362. The quantitative estimate of drug-likeness (QED) is 0.119. The number of carbonyl (C=O) groups is 1. The van der Waals surface area contributed by atoms with Gasteiger partial charge in [0.1, 0.15) is 17.6 Å². The maximum absolute atomic E-state index is 13.9. The number of hydrogen-bond donors (Lipinski definition) is 2. The molecule has 0 aliphatic rings. The number of rotatable bonds is 13. The number of nitriles is 1. The third-order valence-corrected chi connectivity index (χ3v) is 8.00. The summed E-state index contributed by atoms with van der Waals surface area (Å²) in [7, 11) is 3.87. The molecule has 0 spiro atoms. The number of amides is 1. The largest absolute Gasteiger partial charge is 0.437 e. The molecule has 0 fully saturated rings. The fraction of sp³-hybridized carbons (Fsp3) is 0.146. The van der Waals surface area contributed by atoms with Crippen molar-refractivity contribution in [3.05, 3.63) is 150 Å². The molecule has 1 amide bonds. The number of likely N-dealkylation sites (N-methyl/N-ethyl adjacent to an activating group) is 1. The molecule has 0 unspecified atom stereocenters. The van der Waals surface area contributed by atoms with Crippen molar-refractivity contribution in [1.29, 1.82) is 5.26 Å². The highest BCUT2D eigenvalue weighted by atomic mass is 19.1. The Morgan fingerprint density at radius 1 is 0.980 bits per heavy atom. The van der Waals surface area contributed by atoms with E-state index in [-0.39, 0.29) is 24.9 Å². The molecule has 8 nitrogen and oxygen atoms in total. The summed E-state index contributed by atoms with van der Waals surface area (Å²) in [4.78, 5) is 19.3. The number of hydrogen-bond acceptors (Lipinski definition) is 7. The summed E-state index contributed by atoms with van der Waals surface area (Å²) in [6.45, 7) is 1.06. The van der Waals surface area contributed by atoms with E-state index in [2.05, 4.69) is 21.7 Å². The Kier molecular flexibility index (Phi) is 10.7. The molecule has 0 aliphatic carbocycles. The molecule has 0 saturated carbocycles. The summed E-state index contributed by atoms with van der Waals surface area (Å²) >= 11 is 0. The molecule has 0 bridgehead atoms. The van der Waals surface area contributed by atoms with E-state index in [1.807, 2.05) is 110 Å². The van der Waals surface area contributed by atoms with Gasteiger partial charge in [0.15, 0.2) is 0 Å². The van der Waals surface area contributed by atoms with Crippen molar-refractivity contribution in [3.8, 4) is 28.5 Å². The van der Waals surface area contributed by atoms with Crippen LogP contribution in [-0.4, -0.2) is 43.0 Å². The lowest BCUT2D eigenvalue weighted by Crippen LogP contribution is -2.18. The smallest absolute Gasteiger partial charge is 0.248 e. The summed E-state index contributed by atoms with van der Waals surface area (Å²) in [6, 6.07) is 35.2. The molecular formula is C41H36FN5O3. The first-order valence-corrected chi connectivity index (χ1v) is 16.2. The average molecular weight is 666 g/mol. The highest BCUT2D eigenvalue weighted by Gasteiger charge is 2.26. The number of ether oxygens (including phenoxy) is 1. The first-order valence-electron chi connectivity index (χ1n) is 16.2. The van der Waals surface area contributed by atoms with Gasteiger partial charge in [0.2, 0.25) is 11.6 Å². The van der Waals surface area contributed by atoms with Crippen LogP contribution < -0.4 is 10.6 Å². The second-order valence-corrected chi connectivity index (χ2v) is 12.0. The maximum Gasteiger partial charge on any atom is 0.248 e. The lowest BCUT2D eigenvalue weighted by atomic mass is 9.96. The number of halogens is 1. The molecule has 250 valence electrons. The van der Waals surface area contributed by atoms with Crippen molar-refractivity contribution >= 4 is 28.4 Å². The Balaban J connectivity index is 1.44. The number of aromatic nitrogens is 1. The zero-order valence-corrected chi connectivity index (χ0v) is 27.8. The van der Waals surface area contributed by atoms with E-state index in [1.165, 1.54) is 24.4 Å². The van der Waals surface area contributed by atoms with Crippen molar-refractivity contribution in [2.75, 3.05) is 37.9 Å². The molecule has 0 aliphatic heterocycles. The predicted octanol–water partition coefficient (Wildman–Crippen LogP) is 8.60. The number of benzene rings is 4. The summed E-state index contributed by atoms with van der Waals surface area (Å²) in [5, 5.41) is 17.5. The Bertz CT molecular complexity index is 2160. The molecular weight excluding hydrogens is 629 g/mol. The lowest BCUT2D eigenvalue weighted by Gasteiger charge is -2.22. The topological polar surface area (TPSA) is 103 Å². The molecule has 1 atom stereocenters. The van der Waals surface area contributed by atoms with E-state index < -0.39 is 6.04 Å². The molecule has 2 aromatic heterocycles. The fourth-order valence-electron chi connectivity index (χ4n) is 5.68. The predicted molar refractivity (Wildman–Crippen MR) is 195 cm³/mol. The molecule has 6 rings (SSSR count). The summed E-state index contributed by atoms with van der Waals surface area (Å²) in [5.41, 5.74) is 5.73. The van der Waals surface area contributed by atoms with Crippen LogP contribution >= 0.6 is 0 Å². The molecule has 2 heterocycles. The molecule has 0 saturated heterocycles. The van der Waals surface area contributed by atoms with Gasteiger partial charge < -0.3 is 24.7 Å². The van der Waals surface area contributed by atoms with Gasteiger partial charge in [-0.15, -0.1) is 0 Å². The normalized spacial score (nSPS) is 11.9. The minimum absolute atomic E-state index is 0.206. The van der Waals surface area contributed by atoms with Gasteiger partial charge in [-0.25, -0.2) is 9.37 Å². The van der Waals surface area contributed by atoms with Gasteiger partial charge in [-0.3, -0.25) is 4.79 Å². The highest BCUT2D eigenvalue weighted by molar-refractivity contribution is 6.09. The molecule has 4 aromatic carbocycles. The number of furan rings is 1. The molecule has 50 heavy (non-hydrogen) atoms. The minimum Gasteiger partial charge on any atom is -0.437 e. The SMILES string of the molecule is CN(C)C/C=C/C(=O)Nc1cccc(-c2c(-c3ccccc3)oc3ncc(C#N)c(N[C@H](COCc4cccc(F)c4)c4ccccc4)c23)c1. The Morgan fingerprint density at radius 2 is 1.72 bits per heavy atom. The van der Waals surface area contributed by atoms with Crippen LogP contribution in [0.2, 0.25) is 0 Å². The van der Waals surface area contributed by atoms with Crippen LogP contribution in [0.3, 0.4) is 0 Å². The van der Waals surface area contributed by atoms with Gasteiger partial charge in [0.05, 0.1) is 42.1 Å². The Hall–Kier alpha value is -6.08. The van der Waals surface area contributed by atoms with E-state index in [0.717, 1.165) is 16.7 Å². The molecule has 2 N–H and O–H groups in total. The van der Waals surface area contributed by atoms with E-state index in [1.54, 1.807) is 12.1 Å². The van der Waals surface area contributed by atoms with Gasteiger partial charge in [-0.2, -0.15) is 5.26 Å². The number of nitrogens with one attached hydrogen (secondary N) is 2. The summed E-state index contributed by atoms with van der Waals surface area (Å²) < 4.78 is 26.5. The van der Waals surface area contributed by atoms with Crippen LogP contribution in [0.4, 0.5) is 15.8 Å². The Morgan fingerprint density at radius 3 is 2.46 bits per heavy atom. The van der Waals surface area contributed by atoms with Crippen molar-refractivity contribution in [3.63, 3.8) is 0 Å². The molecule has 0 radical (unpaired) electrons. The monoisotopic (exact) mass is 665 g/mol. The van der Waals surface area contributed by atoms with Crippen molar-refractivity contribution in [2.45, 2.75) is 12.6 Å². The van der Waals surface area contributed by atoms with Crippen LogP contribution in [-0.2, 0) is 16.1 Å². The lowest BCUT2D eigenvalue weighted by molar-refractivity contribution is -0.111. The van der Waals surface area contributed by atoms with Crippen LogP contribution in [0, 0.1) is 17.1 Å². The number of carbonyl (C=O) groups excluding carboxylic acids is 1. The van der Waals surface area contributed by atoms with E-state index in [4.69, 9.17) is 9.15 Å². The van der Waals surface area contributed by atoms with Crippen LogP contribution in [0.1, 0.15) is 22.7 Å². The first-order chi connectivity index (χ1) is 24.4. The number of nitrogens with zero attached hydrogens (tertiary/aromatic N) is 3. The average Bonchev–Trinajstić information content (AvgIpc) is 3.52. The second kappa shape index (κ2) is 15.9. The van der Waals surface area contributed by atoms with Crippen molar-refractivity contribution in [2.24, 2.45) is 0 Å². The standard InChI is InChI=1S/C41H36FN5O3/c1-47(2)21-11-20-36(48)45-34-19-10-17-31(23-34)37-38-39(32(24-43)25-44-41(38)50-40(37)30-15-7-4-8-16-30)46-35(29-13-5-3-6-14-29)27-49-26-28-12-9-18-33(42)22-28/h3-20,22-23,25,35H,21,26-27H2,1-2H3,(H,44,46)(H,45,48)/b20-11+/t35-/m1/s1. The molecule has 9 heteroatoms. The van der Waals surface area contributed by atoms with Crippen LogP contribution in [0.5, 0.6) is 0 Å². The number of pyridine rings is 1. The van der Waals surface area contributed by atoms with Crippen LogP contribution in [0.25, 0.3) is 33.6 Å². The van der Waals surface area contributed by atoms with Crippen molar-refractivity contribution in [1.82, 2.24) is 9.88 Å². The van der Waals surface area contributed by atoms with E-state index in [0.29, 0.717) is 51.5 Å². The summed E-state index contributed by atoms with van der Waals surface area (Å²) in [6.07, 6.45) is 4.81.